The lowest BCUT2D eigenvalue weighted by Crippen LogP contribution is -2.59. The molecule has 1 aromatic rings. The molecule has 50 heavy (non-hydrogen) atoms. The van der Waals surface area contributed by atoms with Gasteiger partial charge in [0.15, 0.2) is 0 Å². The first-order valence-corrected chi connectivity index (χ1v) is 18.1. The predicted molar refractivity (Wildman–Crippen MR) is 198 cm³/mol. The summed E-state index contributed by atoms with van der Waals surface area (Å²) in [6.07, 6.45) is 1.58. The largest absolute Gasteiger partial charge is 0.480 e. The van der Waals surface area contributed by atoms with Crippen LogP contribution >= 0.6 is 12.2 Å². The minimum absolute atomic E-state index is 0.0453. The van der Waals surface area contributed by atoms with Crippen molar-refractivity contribution in [3.05, 3.63) is 35.9 Å². The molecule has 0 unspecified atom stereocenters. The molecule has 1 aliphatic heterocycles. The van der Waals surface area contributed by atoms with E-state index in [4.69, 9.17) is 27.4 Å². The number of ether oxygens (including phenoxy) is 2. The summed E-state index contributed by atoms with van der Waals surface area (Å²) in [6.45, 7) is 12.0. The number of carbonyl (C=O) groups excluding carboxylic acids is 3. The maximum Gasteiger partial charge on any atom is 0.326 e. The van der Waals surface area contributed by atoms with E-state index >= 15 is 0 Å². The molecule has 0 saturated carbocycles. The maximum absolute atomic E-state index is 14.2. The summed E-state index contributed by atoms with van der Waals surface area (Å²) in [6, 6.07) is 6.38. The third-order valence-corrected chi connectivity index (χ3v) is 10.7. The number of nitrogens with one attached hydrogen (secondary N) is 1. The molecule has 0 spiro atoms. The Labute approximate surface area is 304 Å². The Balaban J connectivity index is 2.29. The summed E-state index contributed by atoms with van der Waals surface area (Å²) in [5, 5.41) is 13.0. The van der Waals surface area contributed by atoms with E-state index in [1.54, 1.807) is 21.1 Å². The highest BCUT2D eigenvalue weighted by Crippen LogP contribution is 2.31. The lowest BCUT2D eigenvalue weighted by Gasteiger charge is -2.44. The molecule has 0 radical (unpaired) electrons. The molecule has 282 valence electrons. The van der Waals surface area contributed by atoms with Crippen molar-refractivity contribution >= 4 is 40.9 Å². The Morgan fingerprint density at radius 2 is 1.66 bits per heavy atom. The fourth-order valence-electron chi connectivity index (χ4n) is 7.27. The zero-order valence-electron chi connectivity index (χ0n) is 31.6. The Morgan fingerprint density at radius 3 is 2.16 bits per heavy atom. The van der Waals surface area contributed by atoms with Gasteiger partial charge in [0.05, 0.1) is 41.7 Å². The number of imide groups is 1. The van der Waals surface area contributed by atoms with Crippen molar-refractivity contribution in [3.63, 3.8) is 0 Å². The van der Waals surface area contributed by atoms with Crippen LogP contribution in [0.5, 0.6) is 0 Å². The minimum Gasteiger partial charge on any atom is -0.480 e. The number of aliphatic carboxylic acids is 1. The summed E-state index contributed by atoms with van der Waals surface area (Å²) in [5.74, 6) is -2.39. The first-order valence-electron chi connectivity index (χ1n) is 17.7. The first-order chi connectivity index (χ1) is 23.5. The number of methoxy groups -OCH3 is 2. The highest BCUT2D eigenvalue weighted by Gasteiger charge is 2.43. The van der Waals surface area contributed by atoms with Crippen molar-refractivity contribution in [3.8, 4) is 0 Å². The second-order valence-corrected chi connectivity index (χ2v) is 14.5. The monoisotopic (exact) mass is 719 g/mol. The van der Waals surface area contributed by atoms with Crippen LogP contribution in [-0.2, 0) is 35.1 Å². The van der Waals surface area contributed by atoms with E-state index in [0.717, 1.165) is 23.3 Å². The molecule has 4 N–H and O–H groups in total. The zero-order valence-corrected chi connectivity index (χ0v) is 32.4. The average molecular weight is 720 g/mol. The van der Waals surface area contributed by atoms with Crippen LogP contribution in [0.25, 0.3) is 0 Å². The predicted octanol–water partition coefficient (Wildman–Crippen LogP) is 3.35. The molecular weight excluding hydrogens is 659 g/mol. The van der Waals surface area contributed by atoms with E-state index in [2.05, 4.69) is 19.2 Å². The maximum atomic E-state index is 14.2. The molecule has 1 heterocycles. The van der Waals surface area contributed by atoms with Crippen molar-refractivity contribution in [2.45, 2.75) is 116 Å². The zero-order chi connectivity index (χ0) is 37.9. The number of likely N-dealkylation sites (tertiary alicyclic amines) is 1. The molecule has 1 aliphatic rings. The van der Waals surface area contributed by atoms with Crippen LogP contribution in [0, 0.1) is 17.8 Å². The fraction of sp³-hybridized carbons (Fsp3) is 0.703. The van der Waals surface area contributed by atoms with Gasteiger partial charge in [-0.2, -0.15) is 0 Å². The lowest BCUT2D eigenvalue weighted by molar-refractivity contribution is -0.150. The third-order valence-electron chi connectivity index (χ3n) is 10.2. The number of carboxylic acid groups (broad SMARTS) is 1. The average Bonchev–Trinajstić information content (AvgIpc) is 3.56. The Morgan fingerprint density at radius 1 is 1.04 bits per heavy atom. The Bertz CT molecular complexity index is 1280. The molecule has 0 aliphatic carbocycles. The molecule has 0 bridgehead atoms. The smallest absolute Gasteiger partial charge is 0.326 e. The van der Waals surface area contributed by atoms with Gasteiger partial charge in [-0.05, 0) is 44.2 Å². The number of hydrogen-bond donors (Lipinski definition) is 3. The summed E-state index contributed by atoms with van der Waals surface area (Å²) in [4.78, 5) is 58.0. The number of benzene rings is 1. The molecule has 2 rings (SSSR count). The van der Waals surface area contributed by atoms with E-state index in [1.165, 1.54) is 7.05 Å². The number of rotatable bonds is 19. The van der Waals surface area contributed by atoms with Gasteiger partial charge in [-0.3, -0.25) is 24.2 Å². The second kappa shape index (κ2) is 20.2. The van der Waals surface area contributed by atoms with Gasteiger partial charge in [0.2, 0.25) is 17.7 Å². The van der Waals surface area contributed by atoms with Gasteiger partial charge < -0.3 is 30.5 Å². The minimum atomic E-state index is -1.00. The lowest BCUT2D eigenvalue weighted by atomic mass is 9.87. The number of nitrogens with zero attached hydrogens (tertiary/aromatic N) is 3. The number of amides is 3. The third kappa shape index (κ3) is 11.0. The van der Waals surface area contributed by atoms with Gasteiger partial charge in [0, 0.05) is 46.2 Å². The highest BCUT2D eigenvalue weighted by molar-refractivity contribution is 7.80. The van der Waals surface area contributed by atoms with E-state index in [9.17, 15) is 24.3 Å². The van der Waals surface area contributed by atoms with Crippen LogP contribution in [0.1, 0.15) is 72.8 Å². The molecule has 1 fully saturated rings. The first kappa shape index (κ1) is 43.2. The van der Waals surface area contributed by atoms with Crippen LogP contribution in [0.2, 0.25) is 0 Å². The number of likely N-dealkylation sites (N-methyl/N-ethyl adjacent to an activating group) is 2. The SMILES string of the molecule is CC[C@H](C)[C@@H]([C@@H](CC(=O)N1CCC[C@H]1[C@H](OC)[C@@H](C)C(=S)N[C@@H](Cc1ccccc1)C(=O)O)OC)N(C)[C@H](C(=O)N(C)C(=O)[C@H](C)N)C(C)C. The van der Waals surface area contributed by atoms with Crippen molar-refractivity contribution in [1.29, 1.82) is 0 Å². The van der Waals surface area contributed by atoms with Crippen LogP contribution in [-0.4, -0.2) is 126 Å². The summed E-state index contributed by atoms with van der Waals surface area (Å²) < 4.78 is 12.0. The van der Waals surface area contributed by atoms with Gasteiger partial charge in [0.25, 0.3) is 0 Å². The van der Waals surface area contributed by atoms with Crippen LogP contribution < -0.4 is 11.1 Å². The molecule has 13 heteroatoms. The topological polar surface area (TPSA) is 155 Å². The van der Waals surface area contributed by atoms with Gasteiger partial charge in [-0.1, -0.05) is 83.6 Å². The number of hydrogen-bond acceptors (Lipinski definition) is 9. The highest BCUT2D eigenvalue weighted by atomic mass is 32.1. The van der Waals surface area contributed by atoms with Crippen molar-refractivity contribution in [1.82, 2.24) is 20.0 Å². The molecule has 1 saturated heterocycles. The van der Waals surface area contributed by atoms with Gasteiger partial charge in [-0.15, -0.1) is 0 Å². The Kier molecular flexibility index (Phi) is 17.4. The standard InChI is InChI=1S/C37H61N5O7S/c1-11-23(4)32(40(7)31(22(2)3)36(45)41(8)35(44)25(6)38)29(48-9)21-30(43)42-19-15-18-28(42)33(49-10)24(5)34(50)39-27(37(46)47)20-26-16-13-12-14-17-26/h12-14,16-17,22-25,27-29,31-33H,11,15,18-21,38H2,1-10H3,(H,39,50)(H,46,47)/t23-,24+,25-,27-,28-,29+,31-,32-,33+/m0/s1. The summed E-state index contributed by atoms with van der Waals surface area (Å²) >= 11 is 5.74. The Hall–Kier alpha value is -2.97. The van der Waals surface area contributed by atoms with Crippen molar-refractivity contribution < 1.29 is 33.8 Å². The van der Waals surface area contributed by atoms with Gasteiger partial charge in [0.1, 0.15) is 6.04 Å². The van der Waals surface area contributed by atoms with Gasteiger partial charge >= 0.3 is 5.97 Å². The number of nitrogens with two attached hydrogens (primary N) is 1. The summed E-state index contributed by atoms with van der Waals surface area (Å²) in [5.41, 5.74) is 6.69. The molecule has 0 aromatic heterocycles. The number of carboxylic acids is 1. The van der Waals surface area contributed by atoms with Crippen LogP contribution in [0.3, 0.4) is 0 Å². The van der Waals surface area contributed by atoms with Crippen LogP contribution in [0.4, 0.5) is 0 Å². The molecule has 1 aromatic carbocycles. The van der Waals surface area contributed by atoms with E-state index < -0.39 is 42.2 Å². The van der Waals surface area contributed by atoms with Crippen LogP contribution in [0.15, 0.2) is 30.3 Å². The number of thiocarbonyl (C=S) groups is 1. The second-order valence-electron chi connectivity index (χ2n) is 14.1. The van der Waals surface area contributed by atoms with Crippen molar-refractivity contribution in [2.75, 3.05) is 34.9 Å². The number of carbonyl (C=O) groups is 4. The van der Waals surface area contributed by atoms with E-state index in [-0.39, 0.29) is 54.5 Å². The fourth-order valence-corrected chi connectivity index (χ4v) is 7.55. The van der Waals surface area contributed by atoms with E-state index in [1.807, 2.05) is 68.0 Å². The summed E-state index contributed by atoms with van der Waals surface area (Å²) in [7, 11) is 6.49. The molecule has 9 atom stereocenters. The van der Waals surface area contributed by atoms with Gasteiger partial charge in [-0.25, -0.2) is 4.79 Å². The molecule has 12 nitrogen and oxygen atoms in total. The molecular formula is C37H61N5O7S. The molecule has 3 amide bonds. The normalized spacial score (nSPS) is 19.6. The quantitative estimate of drug-likeness (QED) is 0.181. The van der Waals surface area contributed by atoms with E-state index in [0.29, 0.717) is 18.0 Å². The van der Waals surface area contributed by atoms with Crippen molar-refractivity contribution in [2.24, 2.45) is 23.5 Å².